The monoisotopic (exact) mass is 311 g/mol. The molecule has 1 aliphatic carbocycles. The Kier molecular flexibility index (Phi) is 6.46. The summed E-state index contributed by atoms with van der Waals surface area (Å²) in [4.78, 5) is 12.1. The molecule has 0 aliphatic heterocycles. The fourth-order valence-electron chi connectivity index (χ4n) is 2.83. The van der Waals surface area contributed by atoms with Crippen molar-refractivity contribution in [2.45, 2.75) is 69.8 Å². The molecule has 1 N–H and O–H groups in total. The molecule has 0 saturated heterocycles. The van der Waals surface area contributed by atoms with Gasteiger partial charge >= 0.3 is 12.1 Å². The van der Waals surface area contributed by atoms with E-state index >= 15 is 0 Å². The van der Waals surface area contributed by atoms with Crippen LogP contribution in [-0.4, -0.2) is 43.5 Å². The Morgan fingerprint density at radius 2 is 2.10 bits per heavy atom. The van der Waals surface area contributed by atoms with Gasteiger partial charge in [0, 0.05) is 12.5 Å². The first-order valence-corrected chi connectivity index (χ1v) is 7.23. The summed E-state index contributed by atoms with van der Waals surface area (Å²) in [6.07, 6.45) is -3.21. The lowest BCUT2D eigenvalue weighted by Gasteiger charge is -2.40. The predicted molar refractivity (Wildman–Crippen MR) is 71.9 cm³/mol. The number of halogens is 3. The first-order valence-electron chi connectivity index (χ1n) is 7.23. The van der Waals surface area contributed by atoms with Crippen LogP contribution in [0.5, 0.6) is 0 Å². The number of rotatable bonds is 6. The smallest absolute Gasteiger partial charge is 0.391 e. The van der Waals surface area contributed by atoms with Gasteiger partial charge in [-0.3, -0.25) is 10.1 Å². The fraction of sp³-hybridized carbons (Fsp3) is 0.929. The Bertz CT molecular complexity index is 347. The SMILES string of the molecule is COC(=O)C1(NC(C)C)CCCC(OCCC(F)(F)F)C1. The van der Waals surface area contributed by atoms with E-state index in [9.17, 15) is 18.0 Å². The van der Waals surface area contributed by atoms with Gasteiger partial charge in [-0.2, -0.15) is 13.2 Å². The molecule has 1 rings (SSSR count). The average molecular weight is 311 g/mol. The number of esters is 1. The van der Waals surface area contributed by atoms with Crippen molar-refractivity contribution in [3.8, 4) is 0 Å². The van der Waals surface area contributed by atoms with Crippen LogP contribution in [0.4, 0.5) is 13.2 Å². The lowest BCUT2D eigenvalue weighted by atomic mass is 9.79. The number of carbonyl (C=O) groups is 1. The number of hydrogen-bond donors (Lipinski definition) is 1. The molecule has 0 spiro atoms. The molecular weight excluding hydrogens is 287 g/mol. The minimum atomic E-state index is -4.22. The Labute approximate surface area is 123 Å². The van der Waals surface area contributed by atoms with Crippen molar-refractivity contribution >= 4 is 5.97 Å². The van der Waals surface area contributed by atoms with Crippen molar-refractivity contribution in [2.24, 2.45) is 0 Å². The second-order valence-corrected chi connectivity index (χ2v) is 5.83. The third-order valence-corrected chi connectivity index (χ3v) is 3.59. The summed E-state index contributed by atoms with van der Waals surface area (Å²) >= 11 is 0. The molecular formula is C14H24F3NO3. The van der Waals surface area contributed by atoms with Gasteiger partial charge < -0.3 is 9.47 Å². The third-order valence-electron chi connectivity index (χ3n) is 3.59. The van der Waals surface area contributed by atoms with Gasteiger partial charge in [0.2, 0.25) is 0 Å². The molecule has 1 fully saturated rings. The van der Waals surface area contributed by atoms with E-state index in [4.69, 9.17) is 9.47 Å². The zero-order valence-corrected chi connectivity index (χ0v) is 12.8. The van der Waals surface area contributed by atoms with Crippen molar-refractivity contribution < 1.29 is 27.4 Å². The van der Waals surface area contributed by atoms with E-state index in [2.05, 4.69) is 5.32 Å². The first-order chi connectivity index (χ1) is 9.68. The molecule has 2 atom stereocenters. The van der Waals surface area contributed by atoms with Gasteiger partial charge in [-0.15, -0.1) is 0 Å². The number of ether oxygens (including phenoxy) is 2. The Hall–Kier alpha value is -0.820. The highest BCUT2D eigenvalue weighted by molar-refractivity contribution is 5.81. The van der Waals surface area contributed by atoms with Gasteiger partial charge in [0.05, 0.1) is 26.2 Å². The molecule has 0 radical (unpaired) electrons. The Morgan fingerprint density at radius 3 is 2.62 bits per heavy atom. The summed E-state index contributed by atoms with van der Waals surface area (Å²) < 4.78 is 46.6. The maximum absolute atomic E-state index is 12.2. The number of nitrogens with one attached hydrogen (secondary N) is 1. The highest BCUT2D eigenvalue weighted by atomic mass is 19.4. The van der Waals surface area contributed by atoms with Crippen molar-refractivity contribution in [1.82, 2.24) is 5.32 Å². The topological polar surface area (TPSA) is 47.6 Å². The van der Waals surface area contributed by atoms with Crippen LogP contribution in [0.2, 0.25) is 0 Å². The highest BCUT2D eigenvalue weighted by Gasteiger charge is 2.44. The summed E-state index contributed by atoms with van der Waals surface area (Å²) in [6, 6.07) is 0.0676. The lowest BCUT2D eigenvalue weighted by molar-refractivity contribution is -0.160. The molecule has 2 unspecified atom stereocenters. The van der Waals surface area contributed by atoms with Gasteiger partial charge in [0.15, 0.2) is 0 Å². The first kappa shape index (κ1) is 18.2. The molecule has 0 amide bonds. The number of methoxy groups -OCH3 is 1. The molecule has 0 bridgehead atoms. The van der Waals surface area contributed by atoms with Crippen LogP contribution in [0.15, 0.2) is 0 Å². The van der Waals surface area contributed by atoms with Crippen LogP contribution in [0.1, 0.15) is 46.0 Å². The van der Waals surface area contributed by atoms with Crippen molar-refractivity contribution in [2.75, 3.05) is 13.7 Å². The lowest BCUT2D eigenvalue weighted by Crippen LogP contribution is -2.58. The van der Waals surface area contributed by atoms with Crippen LogP contribution in [0, 0.1) is 0 Å². The zero-order valence-electron chi connectivity index (χ0n) is 12.8. The summed E-state index contributed by atoms with van der Waals surface area (Å²) in [5.41, 5.74) is -0.857. The summed E-state index contributed by atoms with van der Waals surface area (Å²) in [6.45, 7) is 3.46. The fourth-order valence-corrected chi connectivity index (χ4v) is 2.83. The molecule has 124 valence electrons. The van der Waals surface area contributed by atoms with Gasteiger partial charge in [0.25, 0.3) is 0 Å². The van der Waals surface area contributed by atoms with Gasteiger partial charge in [0.1, 0.15) is 5.54 Å². The minimum absolute atomic E-state index is 0.0676. The largest absolute Gasteiger partial charge is 0.468 e. The summed E-state index contributed by atoms with van der Waals surface area (Å²) in [5.74, 6) is -0.375. The van der Waals surface area contributed by atoms with E-state index < -0.39 is 18.1 Å². The van der Waals surface area contributed by atoms with E-state index in [1.165, 1.54) is 7.11 Å². The summed E-state index contributed by atoms with van der Waals surface area (Å²) in [7, 11) is 1.32. The van der Waals surface area contributed by atoms with Gasteiger partial charge in [-0.1, -0.05) is 0 Å². The van der Waals surface area contributed by atoms with E-state index in [1.807, 2.05) is 13.8 Å². The molecule has 0 aromatic carbocycles. The van der Waals surface area contributed by atoms with Crippen LogP contribution in [-0.2, 0) is 14.3 Å². The molecule has 0 heterocycles. The minimum Gasteiger partial charge on any atom is -0.468 e. The standard InChI is InChI=1S/C14H24F3NO3/c1-10(2)18-13(12(19)20-3)6-4-5-11(9-13)21-8-7-14(15,16)17/h10-11,18H,4-9H2,1-3H3. The predicted octanol–water partition coefficient (Wildman–Crippen LogP) is 2.81. The highest BCUT2D eigenvalue weighted by Crippen LogP contribution is 2.32. The molecule has 4 nitrogen and oxygen atoms in total. The van der Waals surface area contributed by atoms with Crippen LogP contribution in [0.25, 0.3) is 0 Å². The molecule has 21 heavy (non-hydrogen) atoms. The van der Waals surface area contributed by atoms with Crippen molar-refractivity contribution in [3.05, 3.63) is 0 Å². The quantitative estimate of drug-likeness (QED) is 0.766. The zero-order chi connectivity index (χ0) is 16.1. The third kappa shape index (κ3) is 5.82. The van der Waals surface area contributed by atoms with Crippen LogP contribution in [0.3, 0.4) is 0 Å². The molecule has 0 aromatic heterocycles. The van der Waals surface area contributed by atoms with E-state index in [0.29, 0.717) is 25.7 Å². The molecule has 0 aromatic rings. The number of alkyl halides is 3. The van der Waals surface area contributed by atoms with Crippen molar-refractivity contribution in [1.29, 1.82) is 0 Å². The van der Waals surface area contributed by atoms with Crippen molar-refractivity contribution in [3.63, 3.8) is 0 Å². The van der Waals surface area contributed by atoms with Crippen LogP contribution < -0.4 is 5.32 Å². The van der Waals surface area contributed by atoms with Crippen LogP contribution >= 0.6 is 0 Å². The molecule has 1 saturated carbocycles. The summed E-state index contributed by atoms with van der Waals surface area (Å²) in [5, 5.41) is 3.21. The average Bonchev–Trinajstić information content (AvgIpc) is 2.35. The Balaban J connectivity index is 2.63. The van der Waals surface area contributed by atoms with E-state index in [0.717, 1.165) is 0 Å². The Morgan fingerprint density at radius 1 is 1.43 bits per heavy atom. The normalized spacial score (nSPS) is 26.9. The van der Waals surface area contributed by atoms with E-state index in [-0.39, 0.29) is 24.7 Å². The van der Waals surface area contributed by atoms with Gasteiger partial charge in [-0.25, -0.2) is 0 Å². The maximum Gasteiger partial charge on any atom is 0.391 e. The second kappa shape index (κ2) is 7.45. The second-order valence-electron chi connectivity index (χ2n) is 5.83. The number of carbonyl (C=O) groups excluding carboxylic acids is 1. The van der Waals surface area contributed by atoms with Gasteiger partial charge in [-0.05, 0) is 33.1 Å². The molecule has 1 aliphatic rings. The maximum atomic E-state index is 12.2. The van der Waals surface area contributed by atoms with E-state index in [1.54, 1.807) is 0 Å². The molecule has 7 heteroatoms. The number of hydrogen-bond acceptors (Lipinski definition) is 4.